The highest BCUT2D eigenvalue weighted by Gasteiger charge is 2.11. The van der Waals surface area contributed by atoms with Gasteiger partial charge in [0, 0.05) is 27.6 Å². The van der Waals surface area contributed by atoms with E-state index in [1.807, 2.05) is 0 Å². The average Bonchev–Trinajstić information content (AvgIpc) is 2.44. The molecule has 22 heavy (non-hydrogen) atoms. The summed E-state index contributed by atoms with van der Waals surface area (Å²) in [5.74, 6) is 1.21. The van der Waals surface area contributed by atoms with E-state index in [1.165, 1.54) is 23.9 Å². The van der Waals surface area contributed by atoms with Gasteiger partial charge in [-0.3, -0.25) is 10.1 Å². The molecule has 0 saturated heterocycles. The number of thioether (sulfide) groups is 1. The third-order valence-corrected chi connectivity index (χ3v) is 4.40. The van der Waals surface area contributed by atoms with Crippen molar-refractivity contribution in [3.8, 4) is 0 Å². The molecule has 7 heteroatoms. The molecule has 0 aliphatic heterocycles. The van der Waals surface area contributed by atoms with Gasteiger partial charge < -0.3 is 0 Å². The van der Waals surface area contributed by atoms with E-state index < -0.39 is 11.3 Å². The summed E-state index contributed by atoms with van der Waals surface area (Å²) >= 11 is 4.67. The normalized spacial score (nSPS) is 11.1. The average molecular weight is 390 g/mol. The third kappa shape index (κ3) is 6.11. The van der Waals surface area contributed by atoms with Crippen LogP contribution in [0.4, 0.5) is 8.78 Å². The minimum absolute atomic E-state index is 0.0283. The third-order valence-electron chi connectivity index (χ3n) is 2.60. The van der Waals surface area contributed by atoms with Gasteiger partial charge in [-0.2, -0.15) is 11.8 Å². The number of allylic oxidation sites excluding steroid dienone is 2. The van der Waals surface area contributed by atoms with E-state index in [0.29, 0.717) is 16.0 Å². The van der Waals surface area contributed by atoms with Crippen LogP contribution in [-0.4, -0.2) is 10.7 Å². The van der Waals surface area contributed by atoms with Gasteiger partial charge in [0.2, 0.25) is 0 Å². The number of nitrogens with zero attached hydrogens (tertiary/aromatic N) is 1. The van der Waals surface area contributed by atoms with Gasteiger partial charge in [0.1, 0.15) is 0 Å². The van der Waals surface area contributed by atoms with Gasteiger partial charge in [-0.25, -0.2) is 8.78 Å². The first-order valence-corrected chi connectivity index (χ1v) is 8.09. The second-order valence-corrected chi connectivity index (χ2v) is 6.23. The molecule has 1 aromatic rings. The van der Waals surface area contributed by atoms with Crippen LogP contribution in [0.2, 0.25) is 0 Å². The molecular weight excluding hydrogens is 376 g/mol. The zero-order chi connectivity index (χ0) is 16.7. The topological polar surface area (TPSA) is 43.1 Å². The van der Waals surface area contributed by atoms with Crippen molar-refractivity contribution in [2.75, 3.05) is 5.75 Å². The number of benzene rings is 1. The van der Waals surface area contributed by atoms with Crippen molar-refractivity contribution in [1.29, 1.82) is 0 Å². The highest BCUT2D eigenvalue weighted by molar-refractivity contribution is 9.10. The Hall–Kier alpha value is -1.47. The van der Waals surface area contributed by atoms with Crippen LogP contribution in [0.3, 0.4) is 0 Å². The molecule has 1 aromatic carbocycles. The van der Waals surface area contributed by atoms with E-state index in [1.54, 1.807) is 18.2 Å². The first kappa shape index (κ1) is 18.6. The lowest BCUT2D eigenvalue weighted by atomic mass is 10.2. The maximum Gasteiger partial charge on any atom is 0.264 e. The lowest BCUT2D eigenvalue weighted by molar-refractivity contribution is -0.418. The minimum atomic E-state index is -2.50. The van der Waals surface area contributed by atoms with Crippen LogP contribution in [0.5, 0.6) is 0 Å². The van der Waals surface area contributed by atoms with Crippen molar-refractivity contribution in [3.05, 3.63) is 80.5 Å². The highest BCUT2D eigenvalue weighted by Crippen LogP contribution is 2.29. The number of hydrogen-bond donors (Lipinski definition) is 0. The maximum atomic E-state index is 12.6. The Morgan fingerprint density at radius 3 is 2.64 bits per heavy atom. The molecule has 0 atom stereocenters. The Labute approximate surface area is 140 Å². The number of halogens is 3. The molecular formula is C15H14BrF2NO2S. The minimum Gasteiger partial charge on any atom is -0.258 e. The van der Waals surface area contributed by atoms with Crippen LogP contribution >= 0.6 is 27.7 Å². The molecule has 0 unspecified atom stereocenters. The van der Waals surface area contributed by atoms with E-state index in [2.05, 4.69) is 29.1 Å². The number of alkyl halides is 2. The standard InChI is InChI=1S/C15H14BrF2NO2S/c1-10(3-4-11(2)19(20)21)8-22-9-12-5-6-13(15(17)18)14(16)7-12/h3-7,15H,1-2,8-9H2/b4-3-. The van der Waals surface area contributed by atoms with Crippen LogP contribution in [0.1, 0.15) is 17.6 Å². The molecule has 0 spiro atoms. The largest absolute Gasteiger partial charge is 0.264 e. The predicted octanol–water partition coefficient (Wildman–Crippen LogP) is 5.52. The lowest BCUT2D eigenvalue weighted by Crippen LogP contribution is -1.93. The fourth-order valence-corrected chi connectivity index (χ4v) is 2.94. The summed E-state index contributed by atoms with van der Waals surface area (Å²) < 4.78 is 25.6. The van der Waals surface area contributed by atoms with Gasteiger partial charge in [-0.1, -0.05) is 40.7 Å². The molecule has 0 amide bonds. The molecule has 0 fully saturated rings. The van der Waals surface area contributed by atoms with Gasteiger partial charge in [-0.15, -0.1) is 0 Å². The van der Waals surface area contributed by atoms with Crippen LogP contribution < -0.4 is 0 Å². The lowest BCUT2D eigenvalue weighted by Gasteiger charge is -2.07. The zero-order valence-electron chi connectivity index (χ0n) is 11.6. The molecule has 1 rings (SSSR count). The highest BCUT2D eigenvalue weighted by atomic mass is 79.9. The van der Waals surface area contributed by atoms with Crippen LogP contribution in [0, 0.1) is 10.1 Å². The van der Waals surface area contributed by atoms with Crippen molar-refractivity contribution in [1.82, 2.24) is 0 Å². The Balaban J connectivity index is 2.48. The number of rotatable bonds is 8. The van der Waals surface area contributed by atoms with Crippen molar-refractivity contribution in [2.45, 2.75) is 12.2 Å². The SMILES string of the molecule is C=C(/C=C\C(=C)[N+](=O)[O-])CSCc1ccc(C(F)F)c(Br)c1. The molecule has 0 heterocycles. The van der Waals surface area contributed by atoms with Gasteiger partial charge >= 0.3 is 0 Å². The summed E-state index contributed by atoms with van der Waals surface area (Å²) in [6, 6.07) is 4.73. The van der Waals surface area contributed by atoms with Crippen molar-refractivity contribution in [2.24, 2.45) is 0 Å². The van der Waals surface area contributed by atoms with Gasteiger partial charge in [-0.05, 0) is 23.8 Å². The fraction of sp³-hybridized carbons (Fsp3) is 0.200. The van der Waals surface area contributed by atoms with Crippen molar-refractivity contribution >= 4 is 27.7 Å². The molecule has 0 saturated carbocycles. The summed E-state index contributed by atoms with van der Waals surface area (Å²) in [4.78, 5) is 9.81. The predicted molar refractivity (Wildman–Crippen MR) is 89.7 cm³/mol. The summed E-state index contributed by atoms with van der Waals surface area (Å²) in [6.45, 7) is 7.08. The Morgan fingerprint density at radius 1 is 1.41 bits per heavy atom. The second-order valence-electron chi connectivity index (χ2n) is 4.39. The van der Waals surface area contributed by atoms with Crippen molar-refractivity contribution in [3.63, 3.8) is 0 Å². The van der Waals surface area contributed by atoms with Crippen molar-refractivity contribution < 1.29 is 13.7 Å². The van der Waals surface area contributed by atoms with Crippen LogP contribution in [0.25, 0.3) is 0 Å². The molecule has 0 radical (unpaired) electrons. The maximum absolute atomic E-state index is 12.6. The van der Waals surface area contributed by atoms with Gasteiger partial charge in [0.05, 0.1) is 4.92 Å². The smallest absolute Gasteiger partial charge is 0.258 e. The number of nitro groups is 1. The summed E-state index contributed by atoms with van der Waals surface area (Å²) in [7, 11) is 0. The summed E-state index contributed by atoms with van der Waals surface area (Å²) in [6.07, 6.45) is 0.348. The molecule has 3 nitrogen and oxygen atoms in total. The van der Waals surface area contributed by atoms with Gasteiger partial charge in [0.25, 0.3) is 12.1 Å². The summed E-state index contributed by atoms with van der Waals surface area (Å²) in [5.41, 5.74) is 1.40. The zero-order valence-corrected chi connectivity index (χ0v) is 14.0. The fourth-order valence-electron chi connectivity index (χ4n) is 1.46. The first-order valence-electron chi connectivity index (χ1n) is 6.14. The molecule has 0 N–H and O–H groups in total. The van der Waals surface area contributed by atoms with Crippen LogP contribution in [0.15, 0.2) is 59.3 Å². The molecule has 0 bridgehead atoms. The second kappa shape index (κ2) is 8.85. The van der Waals surface area contributed by atoms with E-state index in [9.17, 15) is 18.9 Å². The summed E-state index contributed by atoms with van der Waals surface area (Å²) in [5, 5.41) is 10.4. The van der Waals surface area contributed by atoms with E-state index in [4.69, 9.17) is 0 Å². The van der Waals surface area contributed by atoms with E-state index >= 15 is 0 Å². The Kier molecular flexibility index (Phi) is 7.47. The molecule has 118 valence electrons. The van der Waals surface area contributed by atoms with Gasteiger partial charge in [0.15, 0.2) is 0 Å². The molecule has 0 aliphatic rings. The quantitative estimate of drug-likeness (QED) is 0.333. The van der Waals surface area contributed by atoms with E-state index in [-0.39, 0.29) is 11.3 Å². The number of hydrogen-bond acceptors (Lipinski definition) is 3. The Bertz CT molecular complexity index is 618. The molecule has 0 aromatic heterocycles. The van der Waals surface area contributed by atoms with Crippen LogP contribution in [-0.2, 0) is 5.75 Å². The monoisotopic (exact) mass is 389 g/mol. The molecule has 0 aliphatic carbocycles. The Morgan fingerprint density at radius 2 is 2.09 bits per heavy atom. The van der Waals surface area contributed by atoms with E-state index in [0.717, 1.165) is 11.1 Å². The first-order chi connectivity index (χ1) is 10.3.